The Bertz CT molecular complexity index is 307. The van der Waals surface area contributed by atoms with Gasteiger partial charge in [-0.1, -0.05) is 12.8 Å². The molecule has 4 nitrogen and oxygen atoms in total. The molecule has 0 aromatic carbocycles. The van der Waals surface area contributed by atoms with Gasteiger partial charge in [0.15, 0.2) is 0 Å². The van der Waals surface area contributed by atoms with E-state index in [1.54, 1.807) is 0 Å². The molecule has 4 heteroatoms. The maximum Gasteiger partial charge on any atom is 0.137 e. The number of hydrogen-bond acceptors (Lipinski definition) is 4. The summed E-state index contributed by atoms with van der Waals surface area (Å²) in [5.41, 5.74) is 0. The van der Waals surface area contributed by atoms with Gasteiger partial charge in [-0.25, -0.2) is 0 Å². The van der Waals surface area contributed by atoms with Crippen LogP contribution in [0.3, 0.4) is 0 Å². The first-order chi connectivity index (χ1) is 9.06. The van der Waals surface area contributed by atoms with Crippen molar-refractivity contribution in [1.82, 2.24) is 9.80 Å². The molecule has 1 aliphatic heterocycles. The summed E-state index contributed by atoms with van der Waals surface area (Å²) in [7, 11) is 4.14. The molecule has 0 aromatic heterocycles. The predicted octanol–water partition coefficient (Wildman–Crippen LogP) is 1.13. The van der Waals surface area contributed by atoms with Gasteiger partial charge in [-0.15, -0.1) is 0 Å². The summed E-state index contributed by atoms with van der Waals surface area (Å²) in [6.07, 6.45) is 5.89. The summed E-state index contributed by atoms with van der Waals surface area (Å²) >= 11 is 0. The van der Waals surface area contributed by atoms with E-state index < -0.39 is 0 Å². The molecule has 0 spiro atoms. The molecule has 110 valence electrons. The number of carbonyl (C=O) groups excluding carboxylic acids is 1. The Balaban J connectivity index is 1.93. The van der Waals surface area contributed by atoms with Crippen LogP contribution in [0.25, 0.3) is 0 Å². The lowest BCUT2D eigenvalue weighted by Gasteiger charge is -2.29. The number of likely N-dealkylation sites (tertiary alicyclic amines) is 1. The molecule has 1 heterocycles. The molecule has 1 saturated heterocycles. The van der Waals surface area contributed by atoms with E-state index in [4.69, 9.17) is 0 Å². The number of ketones is 1. The monoisotopic (exact) mass is 268 g/mol. The van der Waals surface area contributed by atoms with Gasteiger partial charge in [0.25, 0.3) is 0 Å². The summed E-state index contributed by atoms with van der Waals surface area (Å²) in [6.45, 7) is 2.56. The van der Waals surface area contributed by atoms with Crippen molar-refractivity contribution in [3.63, 3.8) is 0 Å². The Morgan fingerprint density at radius 2 is 2.11 bits per heavy atom. The molecular weight excluding hydrogens is 240 g/mol. The number of aliphatic hydroxyl groups is 1. The van der Waals surface area contributed by atoms with Crippen molar-refractivity contribution in [2.75, 3.05) is 33.7 Å². The van der Waals surface area contributed by atoms with Gasteiger partial charge in [0, 0.05) is 38.0 Å². The number of hydrogen-bond donors (Lipinski definition) is 1. The Kier molecular flexibility index (Phi) is 5.37. The van der Waals surface area contributed by atoms with Crippen LogP contribution in [0.15, 0.2) is 0 Å². The zero-order valence-electron chi connectivity index (χ0n) is 12.3. The van der Waals surface area contributed by atoms with Crippen LogP contribution >= 0.6 is 0 Å². The van der Waals surface area contributed by atoms with Crippen LogP contribution in [0.5, 0.6) is 0 Å². The van der Waals surface area contributed by atoms with Crippen molar-refractivity contribution < 1.29 is 9.90 Å². The highest BCUT2D eigenvalue weighted by molar-refractivity contribution is 5.81. The molecule has 3 atom stereocenters. The minimum absolute atomic E-state index is 0.206. The first-order valence-corrected chi connectivity index (χ1v) is 7.66. The smallest absolute Gasteiger partial charge is 0.137 e. The Labute approximate surface area is 116 Å². The van der Waals surface area contributed by atoms with Crippen molar-refractivity contribution in [2.24, 2.45) is 5.92 Å². The van der Waals surface area contributed by atoms with Crippen LogP contribution in [0.1, 0.15) is 38.5 Å². The number of β-amino-alcohol motifs (C(OH)–C–C–N with tert-alkyl or cyclic N) is 1. The molecular formula is C15H28N2O2. The Morgan fingerprint density at radius 3 is 2.84 bits per heavy atom. The van der Waals surface area contributed by atoms with Crippen LogP contribution in [-0.4, -0.2) is 66.6 Å². The first kappa shape index (κ1) is 14.9. The van der Waals surface area contributed by atoms with Crippen LogP contribution in [-0.2, 0) is 4.79 Å². The fourth-order valence-electron chi connectivity index (χ4n) is 3.50. The summed E-state index contributed by atoms with van der Waals surface area (Å²) < 4.78 is 0. The van der Waals surface area contributed by atoms with Gasteiger partial charge in [0.05, 0.1) is 6.10 Å². The second-order valence-electron chi connectivity index (χ2n) is 6.52. The van der Waals surface area contributed by atoms with E-state index in [-0.39, 0.29) is 12.0 Å². The maximum atomic E-state index is 12.1. The van der Waals surface area contributed by atoms with Gasteiger partial charge < -0.3 is 10.0 Å². The van der Waals surface area contributed by atoms with Crippen LogP contribution in [0, 0.1) is 5.92 Å². The van der Waals surface area contributed by atoms with Crippen LogP contribution < -0.4 is 0 Å². The van der Waals surface area contributed by atoms with Crippen molar-refractivity contribution >= 4 is 5.78 Å². The molecule has 0 radical (unpaired) electrons. The van der Waals surface area contributed by atoms with E-state index >= 15 is 0 Å². The van der Waals surface area contributed by atoms with Gasteiger partial charge in [-0.3, -0.25) is 9.69 Å². The molecule has 1 aliphatic carbocycles. The largest absolute Gasteiger partial charge is 0.392 e. The lowest BCUT2D eigenvalue weighted by Crippen LogP contribution is -2.41. The van der Waals surface area contributed by atoms with Crippen molar-refractivity contribution in [3.8, 4) is 0 Å². The molecule has 0 amide bonds. The molecule has 1 saturated carbocycles. The van der Waals surface area contributed by atoms with E-state index in [0.29, 0.717) is 11.8 Å². The lowest BCUT2D eigenvalue weighted by atomic mass is 9.98. The van der Waals surface area contributed by atoms with Gasteiger partial charge in [-0.05, 0) is 33.4 Å². The number of nitrogens with zero attached hydrogens (tertiary/aromatic N) is 2. The maximum absolute atomic E-state index is 12.1. The standard InChI is InChI=1S/C15H28N2O2/c1-16(2)10-13-8-14(18)11-17(13)9-12-6-4-3-5-7-15(12)19/h12-14,18H,3-11H2,1-2H3. The lowest BCUT2D eigenvalue weighted by molar-refractivity contribution is -0.123. The number of Topliss-reactive ketones (excluding diaryl/α,β-unsaturated/α-hetero) is 1. The van der Waals surface area contributed by atoms with Gasteiger partial charge in [0.1, 0.15) is 5.78 Å². The minimum atomic E-state index is -0.217. The molecule has 2 rings (SSSR count). The molecule has 1 N–H and O–H groups in total. The average Bonchev–Trinajstić information content (AvgIpc) is 2.53. The molecule has 0 bridgehead atoms. The summed E-state index contributed by atoms with van der Waals surface area (Å²) in [5.74, 6) is 0.653. The third-order valence-electron chi connectivity index (χ3n) is 4.47. The molecule has 3 unspecified atom stereocenters. The third kappa shape index (κ3) is 4.26. The summed E-state index contributed by atoms with van der Waals surface area (Å²) in [5, 5.41) is 9.89. The zero-order chi connectivity index (χ0) is 13.8. The van der Waals surface area contributed by atoms with Gasteiger partial charge in [-0.2, -0.15) is 0 Å². The minimum Gasteiger partial charge on any atom is -0.392 e. The normalized spacial score (nSPS) is 33.9. The molecule has 2 fully saturated rings. The first-order valence-electron chi connectivity index (χ1n) is 7.66. The van der Waals surface area contributed by atoms with E-state index in [0.717, 1.165) is 45.3 Å². The second kappa shape index (κ2) is 6.82. The average molecular weight is 268 g/mol. The highest BCUT2D eigenvalue weighted by atomic mass is 16.3. The predicted molar refractivity (Wildman–Crippen MR) is 76.1 cm³/mol. The Morgan fingerprint density at radius 1 is 1.32 bits per heavy atom. The fourth-order valence-corrected chi connectivity index (χ4v) is 3.50. The number of rotatable bonds is 4. The number of likely N-dealkylation sites (N-methyl/N-ethyl adjacent to an activating group) is 1. The molecule has 0 aromatic rings. The topological polar surface area (TPSA) is 43.8 Å². The van der Waals surface area contributed by atoms with Gasteiger partial charge in [0.2, 0.25) is 0 Å². The third-order valence-corrected chi connectivity index (χ3v) is 4.47. The summed E-state index contributed by atoms with van der Waals surface area (Å²) in [6, 6.07) is 0.404. The highest BCUT2D eigenvalue weighted by Gasteiger charge is 2.34. The van der Waals surface area contributed by atoms with Crippen LogP contribution in [0.4, 0.5) is 0 Å². The van der Waals surface area contributed by atoms with Crippen molar-refractivity contribution in [2.45, 2.75) is 50.7 Å². The van der Waals surface area contributed by atoms with Gasteiger partial charge >= 0.3 is 0 Å². The van der Waals surface area contributed by atoms with E-state index in [2.05, 4.69) is 23.9 Å². The van der Waals surface area contributed by atoms with Crippen LogP contribution in [0.2, 0.25) is 0 Å². The fraction of sp³-hybridized carbons (Fsp3) is 0.933. The highest BCUT2D eigenvalue weighted by Crippen LogP contribution is 2.25. The SMILES string of the molecule is CN(C)CC1CC(O)CN1CC1CCCCCC1=O. The van der Waals surface area contributed by atoms with E-state index in [1.807, 2.05) is 0 Å². The van der Waals surface area contributed by atoms with E-state index in [9.17, 15) is 9.90 Å². The van der Waals surface area contributed by atoms with Crippen molar-refractivity contribution in [3.05, 3.63) is 0 Å². The molecule has 19 heavy (non-hydrogen) atoms. The summed E-state index contributed by atoms with van der Waals surface area (Å²) in [4.78, 5) is 16.6. The molecule has 2 aliphatic rings. The van der Waals surface area contributed by atoms with E-state index in [1.165, 1.54) is 12.8 Å². The number of carbonyl (C=O) groups is 1. The zero-order valence-corrected chi connectivity index (χ0v) is 12.3. The quantitative estimate of drug-likeness (QED) is 0.776. The van der Waals surface area contributed by atoms with Crippen molar-refractivity contribution in [1.29, 1.82) is 0 Å². The second-order valence-corrected chi connectivity index (χ2v) is 6.52. The number of aliphatic hydroxyl groups excluding tert-OH is 1. The Hall–Kier alpha value is -0.450.